The van der Waals surface area contributed by atoms with Gasteiger partial charge in [-0.1, -0.05) is 30.3 Å². The Hall–Kier alpha value is -0.980. The van der Waals surface area contributed by atoms with Gasteiger partial charge in [0.15, 0.2) is 0 Å². The fourth-order valence-electron chi connectivity index (χ4n) is 5.92. The van der Waals surface area contributed by atoms with E-state index in [1.54, 1.807) is 0 Å². The van der Waals surface area contributed by atoms with E-state index < -0.39 is 0 Å². The SMILES string of the molecule is O[C@@H]1C[C@H]2CN(CCc3ccccc3)CC3(CN(C4CCOCC4)C3)N2C1. The highest BCUT2D eigenvalue weighted by molar-refractivity contribution is 5.17. The van der Waals surface area contributed by atoms with Gasteiger partial charge in [-0.15, -0.1) is 0 Å². The smallest absolute Gasteiger partial charge is 0.0682 e. The number of hydrogen-bond acceptors (Lipinski definition) is 5. The van der Waals surface area contributed by atoms with Crippen molar-refractivity contribution < 1.29 is 9.84 Å². The van der Waals surface area contributed by atoms with Crippen LogP contribution in [-0.2, 0) is 11.2 Å². The van der Waals surface area contributed by atoms with Crippen LogP contribution in [0, 0.1) is 0 Å². The monoisotopic (exact) mass is 371 g/mol. The third kappa shape index (κ3) is 3.56. The second kappa shape index (κ2) is 7.45. The number of benzene rings is 1. The fourth-order valence-corrected chi connectivity index (χ4v) is 5.92. The van der Waals surface area contributed by atoms with Crippen LogP contribution in [0.25, 0.3) is 0 Å². The van der Waals surface area contributed by atoms with Crippen LogP contribution in [0.1, 0.15) is 24.8 Å². The molecule has 0 radical (unpaired) electrons. The number of hydrogen-bond donors (Lipinski definition) is 1. The lowest BCUT2D eigenvalue weighted by Gasteiger charge is -2.63. The molecule has 0 aromatic heterocycles. The maximum Gasteiger partial charge on any atom is 0.0682 e. The summed E-state index contributed by atoms with van der Waals surface area (Å²) in [4.78, 5) is 8.03. The number of nitrogens with zero attached hydrogens (tertiary/aromatic N) is 3. The van der Waals surface area contributed by atoms with Crippen LogP contribution in [0.5, 0.6) is 0 Å². The number of piperazine rings is 1. The Morgan fingerprint density at radius 1 is 1.00 bits per heavy atom. The highest BCUT2D eigenvalue weighted by Crippen LogP contribution is 2.40. The van der Waals surface area contributed by atoms with E-state index >= 15 is 0 Å². The van der Waals surface area contributed by atoms with Crippen LogP contribution >= 0.6 is 0 Å². The first kappa shape index (κ1) is 18.1. The third-order valence-electron chi connectivity index (χ3n) is 7.25. The molecule has 0 unspecified atom stereocenters. The second-order valence-corrected chi connectivity index (χ2v) is 9.14. The molecule has 1 aromatic rings. The van der Waals surface area contributed by atoms with Crippen LogP contribution in [0.4, 0.5) is 0 Å². The molecule has 2 atom stereocenters. The molecule has 148 valence electrons. The molecule has 0 aliphatic carbocycles. The van der Waals surface area contributed by atoms with Crippen molar-refractivity contribution in [2.75, 3.05) is 52.5 Å². The predicted octanol–water partition coefficient (Wildman–Crippen LogP) is 1.21. The van der Waals surface area contributed by atoms with Crippen molar-refractivity contribution in [1.29, 1.82) is 0 Å². The van der Waals surface area contributed by atoms with Crippen molar-refractivity contribution in [3.63, 3.8) is 0 Å². The Morgan fingerprint density at radius 2 is 1.78 bits per heavy atom. The van der Waals surface area contributed by atoms with E-state index in [2.05, 4.69) is 45.0 Å². The summed E-state index contributed by atoms with van der Waals surface area (Å²) in [6, 6.07) is 12.1. The topological polar surface area (TPSA) is 39.2 Å². The average Bonchev–Trinajstić information content (AvgIpc) is 3.06. The lowest BCUT2D eigenvalue weighted by atomic mass is 9.81. The maximum atomic E-state index is 10.3. The van der Waals surface area contributed by atoms with Crippen molar-refractivity contribution >= 4 is 0 Å². The van der Waals surface area contributed by atoms with Gasteiger partial charge in [-0.3, -0.25) is 14.7 Å². The molecule has 4 fully saturated rings. The molecule has 4 heterocycles. The normalized spacial score (nSPS) is 32.5. The molecule has 5 nitrogen and oxygen atoms in total. The van der Waals surface area contributed by atoms with Gasteiger partial charge in [0.1, 0.15) is 0 Å². The molecule has 27 heavy (non-hydrogen) atoms. The molecular weight excluding hydrogens is 338 g/mol. The Balaban J connectivity index is 1.25. The zero-order valence-corrected chi connectivity index (χ0v) is 16.3. The molecular formula is C22H33N3O2. The van der Waals surface area contributed by atoms with E-state index in [1.807, 2.05) is 0 Å². The van der Waals surface area contributed by atoms with Crippen LogP contribution < -0.4 is 0 Å². The molecule has 0 amide bonds. The number of fused-ring (bicyclic) bond motifs is 2. The van der Waals surface area contributed by atoms with E-state index in [0.717, 1.165) is 52.2 Å². The van der Waals surface area contributed by atoms with Gasteiger partial charge in [0, 0.05) is 64.6 Å². The summed E-state index contributed by atoms with van der Waals surface area (Å²) in [5.74, 6) is 0. The molecule has 1 aromatic carbocycles. The Morgan fingerprint density at radius 3 is 2.56 bits per heavy atom. The minimum Gasteiger partial charge on any atom is -0.392 e. The highest BCUT2D eigenvalue weighted by Gasteiger charge is 2.56. The van der Waals surface area contributed by atoms with Gasteiger partial charge < -0.3 is 9.84 Å². The second-order valence-electron chi connectivity index (χ2n) is 9.14. The average molecular weight is 372 g/mol. The van der Waals surface area contributed by atoms with Gasteiger partial charge in [0.2, 0.25) is 0 Å². The summed E-state index contributed by atoms with van der Waals surface area (Å²) in [5.41, 5.74) is 1.69. The van der Waals surface area contributed by atoms with E-state index in [1.165, 1.54) is 31.5 Å². The molecule has 1 N–H and O–H groups in total. The third-order valence-corrected chi connectivity index (χ3v) is 7.25. The van der Waals surface area contributed by atoms with Crippen molar-refractivity contribution in [3.8, 4) is 0 Å². The molecule has 4 aliphatic heterocycles. The lowest BCUT2D eigenvalue weighted by Crippen LogP contribution is -2.79. The molecule has 1 spiro atoms. The first-order valence-corrected chi connectivity index (χ1v) is 10.7. The molecule has 5 heteroatoms. The number of rotatable bonds is 4. The van der Waals surface area contributed by atoms with E-state index in [9.17, 15) is 5.11 Å². The van der Waals surface area contributed by atoms with Crippen LogP contribution in [-0.4, -0.2) is 96.0 Å². The van der Waals surface area contributed by atoms with E-state index in [-0.39, 0.29) is 11.6 Å². The number of ether oxygens (including phenoxy) is 1. The molecule has 4 aliphatic rings. The van der Waals surface area contributed by atoms with Crippen LogP contribution in [0.15, 0.2) is 30.3 Å². The first-order chi connectivity index (χ1) is 13.2. The lowest BCUT2D eigenvalue weighted by molar-refractivity contribution is -0.136. The highest BCUT2D eigenvalue weighted by atomic mass is 16.5. The van der Waals surface area contributed by atoms with Gasteiger partial charge in [-0.05, 0) is 31.2 Å². The fraction of sp³-hybridized carbons (Fsp3) is 0.727. The number of β-amino-alcohol motifs (C(OH)–C–C–N with tert-alkyl or cyclic N) is 1. The van der Waals surface area contributed by atoms with Crippen LogP contribution in [0.2, 0.25) is 0 Å². The number of likely N-dealkylation sites (tertiary alicyclic amines) is 1. The summed E-state index contributed by atoms with van der Waals surface area (Å²) in [6.45, 7) is 8.45. The molecule has 4 saturated heterocycles. The Bertz CT molecular complexity index is 628. The summed E-state index contributed by atoms with van der Waals surface area (Å²) in [6.07, 6.45) is 4.29. The minimum atomic E-state index is -0.141. The molecule has 5 rings (SSSR count). The van der Waals surface area contributed by atoms with E-state index in [0.29, 0.717) is 12.1 Å². The first-order valence-electron chi connectivity index (χ1n) is 10.7. The Labute approximate surface area is 162 Å². The van der Waals surface area contributed by atoms with Gasteiger partial charge in [0.05, 0.1) is 11.6 Å². The quantitative estimate of drug-likeness (QED) is 0.862. The largest absolute Gasteiger partial charge is 0.392 e. The van der Waals surface area contributed by atoms with Gasteiger partial charge in [0.25, 0.3) is 0 Å². The van der Waals surface area contributed by atoms with Gasteiger partial charge in [-0.2, -0.15) is 0 Å². The predicted molar refractivity (Wildman–Crippen MR) is 106 cm³/mol. The van der Waals surface area contributed by atoms with Crippen molar-refractivity contribution in [3.05, 3.63) is 35.9 Å². The van der Waals surface area contributed by atoms with E-state index in [4.69, 9.17) is 4.74 Å². The minimum absolute atomic E-state index is 0.141. The summed E-state index contributed by atoms with van der Waals surface area (Å²) in [5, 5.41) is 10.3. The zero-order valence-electron chi connectivity index (χ0n) is 16.3. The van der Waals surface area contributed by atoms with Gasteiger partial charge >= 0.3 is 0 Å². The maximum absolute atomic E-state index is 10.3. The summed E-state index contributed by atoms with van der Waals surface area (Å²) < 4.78 is 5.55. The number of aliphatic hydroxyl groups is 1. The summed E-state index contributed by atoms with van der Waals surface area (Å²) in [7, 11) is 0. The standard InChI is InChI=1S/C22H33N3O2/c26-21-12-20-13-23(9-6-18-4-2-1-3-5-18)15-22(25(20)14-21)16-24(17-22)19-7-10-27-11-8-19/h1-5,19-21,26H,6-17H2/t20-,21+/m0/s1. The summed E-state index contributed by atoms with van der Waals surface area (Å²) >= 11 is 0. The van der Waals surface area contributed by atoms with Crippen molar-refractivity contribution in [2.24, 2.45) is 0 Å². The number of aliphatic hydroxyl groups excluding tert-OH is 1. The molecule has 0 saturated carbocycles. The van der Waals surface area contributed by atoms with Crippen molar-refractivity contribution in [2.45, 2.75) is 49.4 Å². The van der Waals surface area contributed by atoms with Crippen molar-refractivity contribution in [1.82, 2.24) is 14.7 Å². The Kier molecular flexibility index (Phi) is 4.99. The zero-order chi connectivity index (χ0) is 18.3. The van der Waals surface area contributed by atoms with Gasteiger partial charge in [-0.25, -0.2) is 0 Å². The van der Waals surface area contributed by atoms with Crippen LogP contribution in [0.3, 0.4) is 0 Å². The molecule has 0 bridgehead atoms.